The van der Waals surface area contributed by atoms with Crippen molar-refractivity contribution in [1.82, 2.24) is 10.3 Å². The van der Waals surface area contributed by atoms with E-state index in [-0.39, 0.29) is 12.7 Å². The van der Waals surface area contributed by atoms with E-state index in [0.717, 1.165) is 22.6 Å². The Bertz CT molecular complexity index is 614. The summed E-state index contributed by atoms with van der Waals surface area (Å²) in [5, 5.41) is 2.88. The van der Waals surface area contributed by atoms with E-state index in [1.54, 1.807) is 12.4 Å². The highest BCUT2D eigenvalue weighted by atomic mass is 16.7. The van der Waals surface area contributed by atoms with Gasteiger partial charge in [0.1, 0.15) is 0 Å². The molecule has 0 atom stereocenters. The van der Waals surface area contributed by atoms with Crippen molar-refractivity contribution in [3.8, 4) is 11.5 Å². The number of aromatic nitrogens is 1. The van der Waals surface area contributed by atoms with Gasteiger partial charge in [-0.2, -0.15) is 0 Å². The SMILES string of the molecule is O=C(Cc1ccncc1)NCc1ccc2c(c1)OCO2. The molecule has 2 heterocycles. The lowest BCUT2D eigenvalue weighted by molar-refractivity contribution is -0.120. The van der Waals surface area contributed by atoms with E-state index in [1.165, 1.54) is 0 Å². The van der Waals surface area contributed by atoms with Crippen molar-refractivity contribution in [2.24, 2.45) is 0 Å². The standard InChI is InChI=1S/C15H14N2O3/c18-15(8-11-3-5-16-6-4-11)17-9-12-1-2-13-14(7-12)20-10-19-13/h1-7H,8-10H2,(H,17,18). The van der Waals surface area contributed by atoms with Crippen molar-refractivity contribution in [2.45, 2.75) is 13.0 Å². The molecule has 0 aliphatic carbocycles. The molecule has 5 heteroatoms. The number of hydrogen-bond acceptors (Lipinski definition) is 4. The summed E-state index contributed by atoms with van der Waals surface area (Å²) in [6.45, 7) is 0.730. The van der Waals surface area contributed by atoms with E-state index in [4.69, 9.17) is 9.47 Å². The van der Waals surface area contributed by atoms with Gasteiger partial charge in [-0.25, -0.2) is 0 Å². The first kappa shape index (κ1) is 12.5. The molecule has 0 bridgehead atoms. The molecule has 0 radical (unpaired) electrons. The van der Waals surface area contributed by atoms with Crippen LogP contribution in [-0.2, 0) is 17.8 Å². The maximum Gasteiger partial charge on any atom is 0.231 e. The average Bonchev–Trinajstić information content (AvgIpc) is 2.93. The van der Waals surface area contributed by atoms with E-state index < -0.39 is 0 Å². The normalized spacial score (nSPS) is 12.2. The fourth-order valence-corrected chi connectivity index (χ4v) is 2.00. The van der Waals surface area contributed by atoms with Crippen molar-refractivity contribution in [2.75, 3.05) is 6.79 Å². The Labute approximate surface area is 116 Å². The average molecular weight is 270 g/mol. The van der Waals surface area contributed by atoms with Gasteiger partial charge in [-0.1, -0.05) is 6.07 Å². The van der Waals surface area contributed by atoms with Crippen molar-refractivity contribution in [1.29, 1.82) is 0 Å². The Hall–Kier alpha value is -2.56. The molecular weight excluding hydrogens is 256 g/mol. The van der Waals surface area contributed by atoms with Crippen LogP contribution in [0.4, 0.5) is 0 Å². The Morgan fingerprint density at radius 1 is 1.10 bits per heavy atom. The zero-order valence-electron chi connectivity index (χ0n) is 10.8. The van der Waals surface area contributed by atoms with Crippen LogP contribution in [0.3, 0.4) is 0 Å². The van der Waals surface area contributed by atoms with Crippen molar-refractivity contribution in [3.05, 3.63) is 53.9 Å². The van der Waals surface area contributed by atoms with Crippen LogP contribution in [0.15, 0.2) is 42.7 Å². The first-order chi connectivity index (χ1) is 9.81. The second-order valence-electron chi connectivity index (χ2n) is 4.50. The molecule has 20 heavy (non-hydrogen) atoms. The van der Waals surface area contributed by atoms with Crippen LogP contribution >= 0.6 is 0 Å². The van der Waals surface area contributed by atoms with E-state index in [2.05, 4.69) is 10.3 Å². The van der Waals surface area contributed by atoms with Crippen LogP contribution in [0.2, 0.25) is 0 Å². The Morgan fingerprint density at radius 2 is 1.90 bits per heavy atom. The third-order valence-electron chi connectivity index (χ3n) is 3.04. The molecule has 1 aliphatic heterocycles. The van der Waals surface area contributed by atoms with Gasteiger partial charge in [0.2, 0.25) is 12.7 Å². The number of hydrogen-bond donors (Lipinski definition) is 1. The maximum absolute atomic E-state index is 11.8. The molecule has 0 spiro atoms. The van der Waals surface area contributed by atoms with Crippen LogP contribution in [0.1, 0.15) is 11.1 Å². The monoisotopic (exact) mass is 270 g/mol. The molecule has 0 saturated carbocycles. The number of ether oxygens (including phenoxy) is 2. The minimum absolute atomic E-state index is 0.0196. The lowest BCUT2D eigenvalue weighted by Gasteiger charge is -2.06. The highest BCUT2D eigenvalue weighted by molar-refractivity contribution is 5.78. The lowest BCUT2D eigenvalue weighted by atomic mass is 10.1. The molecule has 0 fully saturated rings. The first-order valence-electron chi connectivity index (χ1n) is 6.35. The highest BCUT2D eigenvalue weighted by Gasteiger charge is 2.13. The number of benzene rings is 1. The lowest BCUT2D eigenvalue weighted by Crippen LogP contribution is -2.24. The summed E-state index contributed by atoms with van der Waals surface area (Å²) in [5.41, 5.74) is 1.93. The fraction of sp³-hybridized carbons (Fsp3) is 0.200. The molecule has 0 unspecified atom stereocenters. The zero-order chi connectivity index (χ0) is 13.8. The number of amides is 1. The smallest absolute Gasteiger partial charge is 0.231 e. The first-order valence-corrected chi connectivity index (χ1v) is 6.35. The summed E-state index contributed by atoms with van der Waals surface area (Å²) in [5.74, 6) is 1.46. The number of fused-ring (bicyclic) bond motifs is 1. The predicted octanol–water partition coefficient (Wildman–Crippen LogP) is 1.67. The van der Waals surface area contributed by atoms with Gasteiger partial charge in [0.25, 0.3) is 0 Å². The van der Waals surface area contributed by atoms with Gasteiger partial charge in [-0.3, -0.25) is 9.78 Å². The molecule has 1 aromatic heterocycles. The molecule has 1 aliphatic rings. The summed E-state index contributed by atoms with van der Waals surface area (Å²) in [7, 11) is 0. The molecular formula is C15H14N2O3. The summed E-state index contributed by atoms with van der Waals surface area (Å²) in [4.78, 5) is 15.8. The Kier molecular flexibility index (Phi) is 3.50. The second-order valence-corrected chi connectivity index (χ2v) is 4.50. The second kappa shape index (κ2) is 5.61. The van der Waals surface area contributed by atoms with Gasteiger partial charge < -0.3 is 14.8 Å². The molecule has 5 nitrogen and oxygen atoms in total. The molecule has 1 amide bonds. The summed E-state index contributed by atoms with van der Waals surface area (Å²) >= 11 is 0. The van der Waals surface area contributed by atoms with Gasteiger partial charge in [-0.05, 0) is 35.4 Å². The summed E-state index contributed by atoms with van der Waals surface area (Å²) in [6.07, 6.45) is 3.72. The van der Waals surface area contributed by atoms with E-state index in [9.17, 15) is 4.79 Å². The number of rotatable bonds is 4. The molecule has 2 aromatic rings. The van der Waals surface area contributed by atoms with Gasteiger partial charge in [-0.15, -0.1) is 0 Å². The Balaban J connectivity index is 1.55. The number of carbonyl (C=O) groups is 1. The molecule has 0 saturated heterocycles. The van der Waals surface area contributed by atoms with Crippen molar-refractivity contribution < 1.29 is 14.3 Å². The maximum atomic E-state index is 11.8. The minimum Gasteiger partial charge on any atom is -0.454 e. The molecule has 1 N–H and O–H groups in total. The minimum atomic E-state index is -0.0196. The van der Waals surface area contributed by atoms with Crippen LogP contribution in [0, 0.1) is 0 Å². The van der Waals surface area contributed by atoms with Crippen molar-refractivity contribution in [3.63, 3.8) is 0 Å². The van der Waals surface area contributed by atoms with Gasteiger partial charge in [0, 0.05) is 18.9 Å². The van der Waals surface area contributed by atoms with Crippen molar-refractivity contribution >= 4 is 5.91 Å². The third kappa shape index (κ3) is 2.88. The highest BCUT2D eigenvalue weighted by Crippen LogP contribution is 2.32. The van der Waals surface area contributed by atoms with Gasteiger partial charge in [0.05, 0.1) is 6.42 Å². The van der Waals surface area contributed by atoms with Crippen LogP contribution in [0.25, 0.3) is 0 Å². The Morgan fingerprint density at radius 3 is 2.75 bits per heavy atom. The quantitative estimate of drug-likeness (QED) is 0.918. The van der Waals surface area contributed by atoms with Crippen LogP contribution in [-0.4, -0.2) is 17.7 Å². The summed E-state index contributed by atoms with van der Waals surface area (Å²) < 4.78 is 10.5. The number of nitrogens with zero attached hydrogens (tertiary/aromatic N) is 1. The number of carbonyl (C=O) groups excluding carboxylic acids is 1. The van der Waals surface area contributed by atoms with E-state index in [0.29, 0.717) is 13.0 Å². The number of pyridine rings is 1. The van der Waals surface area contributed by atoms with Gasteiger partial charge in [0.15, 0.2) is 11.5 Å². The summed E-state index contributed by atoms with van der Waals surface area (Å²) in [6, 6.07) is 9.32. The molecule has 1 aromatic carbocycles. The number of nitrogens with one attached hydrogen (secondary N) is 1. The van der Waals surface area contributed by atoms with E-state index >= 15 is 0 Å². The molecule has 3 rings (SSSR count). The van der Waals surface area contributed by atoms with Crippen LogP contribution in [0.5, 0.6) is 11.5 Å². The van der Waals surface area contributed by atoms with Gasteiger partial charge >= 0.3 is 0 Å². The predicted molar refractivity (Wildman–Crippen MR) is 72.4 cm³/mol. The largest absolute Gasteiger partial charge is 0.454 e. The fourth-order valence-electron chi connectivity index (χ4n) is 2.00. The zero-order valence-corrected chi connectivity index (χ0v) is 10.8. The van der Waals surface area contributed by atoms with E-state index in [1.807, 2.05) is 30.3 Å². The van der Waals surface area contributed by atoms with Crippen LogP contribution < -0.4 is 14.8 Å². The third-order valence-corrected chi connectivity index (χ3v) is 3.04. The molecule has 102 valence electrons. The topological polar surface area (TPSA) is 60.5 Å².